The highest BCUT2D eigenvalue weighted by molar-refractivity contribution is 9.10. The number of hydrogen-bond acceptors (Lipinski definition) is 5. The van der Waals surface area contributed by atoms with E-state index in [1.807, 2.05) is 80.1 Å². The van der Waals surface area contributed by atoms with Gasteiger partial charge in [-0.1, -0.05) is 46.3 Å². The number of carbonyl (C=O) groups excluding carboxylic acids is 2. The van der Waals surface area contributed by atoms with Gasteiger partial charge < -0.3 is 14.4 Å². The summed E-state index contributed by atoms with van der Waals surface area (Å²) in [5, 5.41) is 4.97. The van der Waals surface area contributed by atoms with Crippen molar-refractivity contribution in [3.05, 3.63) is 81.6 Å². The van der Waals surface area contributed by atoms with E-state index in [2.05, 4.69) is 15.9 Å². The summed E-state index contributed by atoms with van der Waals surface area (Å²) in [7, 11) is 0. The van der Waals surface area contributed by atoms with Crippen LogP contribution in [0.5, 0.6) is 0 Å². The number of rotatable bonds is 3. The van der Waals surface area contributed by atoms with Crippen molar-refractivity contribution < 1.29 is 19.1 Å². The molecule has 0 N–H and O–H groups in total. The fourth-order valence-electron chi connectivity index (χ4n) is 4.91. The number of carbonyl (C=O) groups is 2. The Kier molecular flexibility index (Phi) is 6.98. The predicted octanol–water partition coefficient (Wildman–Crippen LogP) is 5.66. The molecule has 0 bridgehead atoms. The fraction of sp³-hybridized carbons (Fsp3) is 0.393. The molecule has 1 atom stereocenters. The van der Waals surface area contributed by atoms with Crippen LogP contribution < -0.4 is 0 Å². The van der Waals surface area contributed by atoms with E-state index >= 15 is 0 Å². The summed E-state index contributed by atoms with van der Waals surface area (Å²) in [6.07, 6.45) is 0.438. The van der Waals surface area contributed by atoms with Gasteiger partial charge in [0.1, 0.15) is 12.2 Å². The molecule has 0 fully saturated rings. The van der Waals surface area contributed by atoms with E-state index in [0.29, 0.717) is 32.5 Å². The third-order valence-corrected chi connectivity index (χ3v) is 7.10. The molecule has 0 saturated carbocycles. The van der Waals surface area contributed by atoms with Crippen LogP contribution in [-0.4, -0.2) is 57.0 Å². The van der Waals surface area contributed by atoms with E-state index in [-0.39, 0.29) is 18.7 Å². The third kappa shape index (κ3) is 5.51. The Labute approximate surface area is 225 Å². The van der Waals surface area contributed by atoms with Crippen LogP contribution in [0.25, 0.3) is 5.69 Å². The highest BCUT2D eigenvalue weighted by Crippen LogP contribution is 2.37. The standard InChI is InChI=1S/C28H31BrN4O4/c1-28(2,3)37-27(35)32-16-14-23-25-22(30-33(23)21-11-9-20(29)10-12-21)13-15-31(17-24(25)32)26(34)36-18-19-7-5-4-6-8-19/h4-12,24H,13-18H2,1-3H3/t24-/m1/s1. The van der Waals surface area contributed by atoms with Crippen molar-refractivity contribution in [1.82, 2.24) is 19.6 Å². The van der Waals surface area contributed by atoms with E-state index in [0.717, 1.165) is 32.7 Å². The van der Waals surface area contributed by atoms with E-state index < -0.39 is 11.7 Å². The summed E-state index contributed by atoms with van der Waals surface area (Å²) < 4.78 is 14.4. The van der Waals surface area contributed by atoms with Gasteiger partial charge in [-0.15, -0.1) is 0 Å². The minimum atomic E-state index is -0.624. The lowest BCUT2D eigenvalue weighted by molar-refractivity contribution is 0.00941. The van der Waals surface area contributed by atoms with Gasteiger partial charge in [-0.25, -0.2) is 14.3 Å². The first-order valence-electron chi connectivity index (χ1n) is 12.5. The normalized spacial score (nSPS) is 17.1. The molecular formula is C28H31BrN4O4. The highest BCUT2D eigenvalue weighted by Gasteiger charge is 2.41. The summed E-state index contributed by atoms with van der Waals surface area (Å²) in [5.41, 5.74) is 4.25. The largest absolute Gasteiger partial charge is 0.445 e. The van der Waals surface area contributed by atoms with E-state index in [1.165, 1.54) is 0 Å². The maximum Gasteiger partial charge on any atom is 0.410 e. The number of benzene rings is 2. The quantitative estimate of drug-likeness (QED) is 0.408. The van der Waals surface area contributed by atoms with Crippen molar-refractivity contribution in [2.75, 3.05) is 19.6 Å². The van der Waals surface area contributed by atoms with Crippen molar-refractivity contribution in [3.8, 4) is 5.69 Å². The van der Waals surface area contributed by atoms with Gasteiger partial charge in [-0.2, -0.15) is 5.10 Å². The van der Waals surface area contributed by atoms with Crippen molar-refractivity contribution in [2.45, 2.75) is 51.9 Å². The number of aromatic nitrogens is 2. The van der Waals surface area contributed by atoms with E-state index in [9.17, 15) is 9.59 Å². The van der Waals surface area contributed by atoms with Gasteiger partial charge in [0.2, 0.25) is 0 Å². The molecule has 3 heterocycles. The van der Waals surface area contributed by atoms with Gasteiger partial charge in [0.25, 0.3) is 0 Å². The zero-order valence-corrected chi connectivity index (χ0v) is 22.9. The van der Waals surface area contributed by atoms with Crippen molar-refractivity contribution in [3.63, 3.8) is 0 Å². The molecule has 3 aromatic rings. The van der Waals surface area contributed by atoms with Crippen LogP contribution in [-0.2, 0) is 28.9 Å². The molecule has 2 aromatic carbocycles. The van der Waals surface area contributed by atoms with Crippen LogP contribution in [0.1, 0.15) is 49.3 Å². The van der Waals surface area contributed by atoms with Gasteiger partial charge in [-0.3, -0.25) is 4.90 Å². The minimum absolute atomic E-state index is 0.197. The van der Waals surface area contributed by atoms with Crippen molar-refractivity contribution in [2.24, 2.45) is 0 Å². The average Bonchev–Trinajstić information content (AvgIpc) is 3.12. The minimum Gasteiger partial charge on any atom is -0.445 e. The first-order chi connectivity index (χ1) is 17.7. The zero-order chi connectivity index (χ0) is 26.2. The van der Waals surface area contributed by atoms with E-state index in [4.69, 9.17) is 14.6 Å². The van der Waals surface area contributed by atoms with Crippen LogP contribution in [0.4, 0.5) is 9.59 Å². The number of hydrogen-bond donors (Lipinski definition) is 0. The Morgan fingerprint density at radius 3 is 2.43 bits per heavy atom. The second-order valence-corrected chi connectivity index (χ2v) is 11.3. The average molecular weight is 567 g/mol. The van der Waals surface area contributed by atoms with Crippen LogP contribution in [0.3, 0.4) is 0 Å². The maximum atomic E-state index is 13.3. The Morgan fingerprint density at radius 1 is 1.00 bits per heavy atom. The first kappa shape index (κ1) is 25.3. The Balaban J connectivity index is 1.45. The SMILES string of the molecule is CC(C)(C)OC(=O)N1CCc2c3c(nn2-c2ccc(Br)cc2)CCN(C(=O)OCc2ccccc2)C[C@H]31. The predicted molar refractivity (Wildman–Crippen MR) is 143 cm³/mol. The molecule has 0 spiro atoms. The van der Waals surface area contributed by atoms with Crippen LogP contribution >= 0.6 is 15.9 Å². The van der Waals surface area contributed by atoms with Crippen LogP contribution in [0, 0.1) is 0 Å². The van der Waals surface area contributed by atoms with Crippen LogP contribution in [0.15, 0.2) is 59.1 Å². The number of ether oxygens (including phenoxy) is 2. The molecule has 37 heavy (non-hydrogen) atoms. The molecule has 2 aliphatic heterocycles. The smallest absolute Gasteiger partial charge is 0.410 e. The summed E-state index contributed by atoms with van der Waals surface area (Å²) in [6, 6.07) is 17.3. The molecule has 1 aromatic heterocycles. The van der Waals surface area contributed by atoms with Crippen molar-refractivity contribution in [1.29, 1.82) is 0 Å². The molecule has 0 radical (unpaired) electrons. The lowest BCUT2D eigenvalue weighted by Gasteiger charge is -2.38. The summed E-state index contributed by atoms with van der Waals surface area (Å²) >= 11 is 3.50. The summed E-state index contributed by atoms with van der Waals surface area (Å²) in [5.74, 6) is 0. The molecule has 2 amide bonds. The number of nitrogens with zero attached hydrogens (tertiary/aromatic N) is 4. The molecule has 2 aliphatic rings. The van der Waals surface area contributed by atoms with Crippen LogP contribution in [0.2, 0.25) is 0 Å². The van der Waals surface area contributed by atoms with E-state index in [1.54, 1.807) is 9.80 Å². The second-order valence-electron chi connectivity index (χ2n) is 10.4. The molecule has 0 aliphatic carbocycles. The van der Waals surface area contributed by atoms with Gasteiger partial charge in [0, 0.05) is 42.5 Å². The number of amides is 2. The number of halogens is 1. The van der Waals surface area contributed by atoms with Gasteiger partial charge in [-0.05, 0) is 50.6 Å². The second kappa shape index (κ2) is 10.2. The van der Waals surface area contributed by atoms with Gasteiger partial charge >= 0.3 is 12.2 Å². The molecule has 5 rings (SSSR count). The zero-order valence-electron chi connectivity index (χ0n) is 21.3. The topological polar surface area (TPSA) is 76.9 Å². The van der Waals surface area contributed by atoms with Gasteiger partial charge in [0.05, 0.1) is 23.1 Å². The maximum absolute atomic E-state index is 13.3. The first-order valence-corrected chi connectivity index (χ1v) is 13.3. The molecule has 0 saturated heterocycles. The Bertz CT molecular complexity index is 1280. The lowest BCUT2D eigenvalue weighted by Crippen LogP contribution is -2.47. The fourth-order valence-corrected chi connectivity index (χ4v) is 5.17. The monoisotopic (exact) mass is 566 g/mol. The van der Waals surface area contributed by atoms with Crippen molar-refractivity contribution >= 4 is 28.1 Å². The molecule has 194 valence electrons. The third-order valence-electron chi connectivity index (χ3n) is 6.57. The molecule has 8 nitrogen and oxygen atoms in total. The molecule has 9 heteroatoms. The summed E-state index contributed by atoms with van der Waals surface area (Å²) in [6.45, 7) is 7.02. The Morgan fingerprint density at radius 2 is 1.73 bits per heavy atom. The molecule has 0 unspecified atom stereocenters. The Hall–Kier alpha value is -3.33. The molecular weight excluding hydrogens is 536 g/mol. The highest BCUT2D eigenvalue weighted by atomic mass is 79.9. The van der Waals surface area contributed by atoms with Gasteiger partial charge in [0.15, 0.2) is 0 Å². The lowest BCUT2D eigenvalue weighted by atomic mass is 9.96. The summed E-state index contributed by atoms with van der Waals surface area (Å²) in [4.78, 5) is 29.8.